The van der Waals surface area contributed by atoms with E-state index in [2.05, 4.69) is 46.0 Å². The molecule has 0 aliphatic carbocycles. The summed E-state index contributed by atoms with van der Waals surface area (Å²) in [6.07, 6.45) is 41.0. The summed E-state index contributed by atoms with van der Waals surface area (Å²) in [5.41, 5.74) is 0. The molecule has 274 valence electrons. The van der Waals surface area contributed by atoms with Crippen LogP contribution in [0.2, 0.25) is 0 Å². The highest BCUT2D eigenvalue weighted by Gasteiger charge is 2.13. The maximum atomic E-state index is 9.22. The van der Waals surface area contributed by atoms with E-state index in [-0.39, 0.29) is 0 Å². The number of nitrogens with zero attached hydrogens (tertiary/aromatic N) is 1. The Morgan fingerprint density at radius 1 is 0.444 bits per heavy atom. The first-order chi connectivity index (χ1) is 21.4. The van der Waals surface area contributed by atoms with Crippen LogP contribution in [-0.2, 0) is 14.6 Å². The molecule has 0 atom stereocenters. The number of unbranched alkanes of at least 4 members (excludes halogenated alkanes) is 24. The molecule has 0 heterocycles. The number of hydrogen-bond donors (Lipinski definition) is 0. The van der Waals surface area contributed by atoms with Crippen molar-refractivity contribution in [2.75, 3.05) is 34.3 Å². The Balaban J connectivity index is 0. The molecule has 0 fully saturated rings. The third-order valence-corrected chi connectivity index (χ3v) is 9.70. The lowest BCUT2D eigenvalue weighted by Gasteiger charge is -2.30. The standard InChI is InChI=1S/C38H80N.CH4O4S/c1-37(2)33-29-25-21-17-13-9-7-11-15-19-23-27-31-35-39(5,6)36-32-28-24-20-16-12-8-10-14-18-22-26-30-34-38(3)4;1-5-6(2,3)4/h37-38H,7-36H2,1-6H3;1H3,(H,2,3,4)/q+1;/p-1. The highest BCUT2D eigenvalue weighted by molar-refractivity contribution is 7.80. The Kier molecular flexibility index (Phi) is 35.2. The third-order valence-electron chi connectivity index (χ3n) is 9.29. The van der Waals surface area contributed by atoms with E-state index in [1.165, 1.54) is 197 Å². The topological polar surface area (TPSA) is 66.4 Å². The van der Waals surface area contributed by atoms with Gasteiger partial charge in [0.15, 0.2) is 0 Å². The lowest BCUT2D eigenvalue weighted by atomic mass is 10.0. The molecule has 0 saturated heterocycles. The van der Waals surface area contributed by atoms with Crippen LogP contribution in [0, 0.1) is 11.8 Å². The van der Waals surface area contributed by atoms with E-state index in [9.17, 15) is 13.0 Å². The van der Waals surface area contributed by atoms with Crippen LogP contribution in [0.4, 0.5) is 0 Å². The van der Waals surface area contributed by atoms with Gasteiger partial charge in [-0.2, -0.15) is 0 Å². The summed E-state index contributed by atoms with van der Waals surface area (Å²) in [7, 11) is 1.33. The van der Waals surface area contributed by atoms with Gasteiger partial charge in [0, 0.05) is 0 Å². The minimum atomic E-state index is -4.41. The largest absolute Gasteiger partial charge is 0.726 e. The number of quaternary nitrogens is 1. The Morgan fingerprint density at radius 2 is 0.622 bits per heavy atom. The normalized spacial score (nSPS) is 12.2. The minimum absolute atomic E-state index is 0.808. The van der Waals surface area contributed by atoms with Crippen LogP contribution in [0.5, 0.6) is 0 Å². The van der Waals surface area contributed by atoms with E-state index in [4.69, 9.17) is 0 Å². The Labute approximate surface area is 285 Å². The van der Waals surface area contributed by atoms with Crippen LogP contribution in [0.25, 0.3) is 0 Å². The van der Waals surface area contributed by atoms with Gasteiger partial charge in [-0.3, -0.25) is 4.18 Å². The Bertz CT molecular complexity index is 639. The predicted molar refractivity (Wildman–Crippen MR) is 198 cm³/mol. The van der Waals surface area contributed by atoms with Crippen LogP contribution in [-0.4, -0.2) is 51.7 Å². The second kappa shape index (κ2) is 33.7. The van der Waals surface area contributed by atoms with E-state index < -0.39 is 10.4 Å². The molecule has 0 aromatic carbocycles. The summed E-state index contributed by atoms with van der Waals surface area (Å²) in [6, 6.07) is 0. The first-order valence-electron chi connectivity index (χ1n) is 19.7. The molecule has 0 aromatic heterocycles. The highest BCUT2D eigenvalue weighted by atomic mass is 32.3. The smallest absolute Gasteiger partial charge is 0.217 e. The van der Waals surface area contributed by atoms with Crippen molar-refractivity contribution in [3.05, 3.63) is 0 Å². The highest BCUT2D eigenvalue weighted by Crippen LogP contribution is 2.17. The van der Waals surface area contributed by atoms with Gasteiger partial charge in [-0.15, -0.1) is 0 Å². The van der Waals surface area contributed by atoms with Crippen molar-refractivity contribution in [2.45, 2.75) is 207 Å². The summed E-state index contributed by atoms with van der Waals surface area (Å²) >= 11 is 0. The van der Waals surface area contributed by atoms with Crippen molar-refractivity contribution < 1.29 is 21.6 Å². The van der Waals surface area contributed by atoms with Crippen LogP contribution in [0.1, 0.15) is 207 Å². The molecule has 0 aliphatic heterocycles. The lowest BCUT2D eigenvalue weighted by molar-refractivity contribution is -0.890. The Morgan fingerprint density at radius 3 is 0.800 bits per heavy atom. The van der Waals surface area contributed by atoms with Gasteiger partial charge in [0.1, 0.15) is 0 Å². The second-order valence-corrected chi connectivity index (χ2v) is 16.7. The van der Waals surface area contributed by atoms with Gasteiger partial charge in [-0.25, -0.2) is 8.42 Å². The fraction of sp³-hybridized carbons (Fsp3) is 1.00. The number of rotatable bonds is 33. The lowest BCUT2D eigenvalue weighted by Crippen LogP contribution is -2.41. The van der Waals surface area contributed by atoms with Gasteiger partial charge in [0.2, 0.25) is 10.4 Å². The first kappa shape index (κ1) is 46.9. The van der Waals surface area contributed by atoms with E-state index >= 15 is 0 Å². The minimum Gasteiger partial charge on any atom is -0.726 e. The quantitative estimate of drug-likeness (QED) is 0.0304. The van der Waals surface area contributed by atoms with Crippen molar-refractivity contribution in [2.24, 2.45) is 11.8 Å². The summed E-state index contributed by atoms with van der Waals surface area (Å²) in [6.45, 7) is 12.2. The molecule has 0 aliphatic rings. The maximum absolute atomic E-state index is 9.22. The molecule has 0 bridgehead atoms. The summed E-state index contributed by atoms with van der Waals surface area (Å²) in [5, 5.41) is 0. The van der Waals surface area contributed by atoms with E-state index in [0.717, 1.165) is 18.9 Å². The summed E-state index contributed by atoms with van der Waals surface area (Å²) < 4.78 is 32.3. The monoisotopic (exact) mass is 662 g/mol. The van der Waals surface area contributed by atoms with Crippen molar-refractivity contribution in [3.63, 3.8) is 0 Å². The van der Waals surface area contributed by atoms with Crippen molar-refractivity contribution in [1.29, 1.82) is 0 Å². The molecular weight excluding hydrogens is 578 g/mol. The molecule has 0 amide bonds. The zero-order chi connectivity index (χ0) is 34.1. The average Bonchev–Trinajstić information content (AvgIpc) is 2.96. The Hall–Kier alpha value is -0.170. The molecule has 0 spiro atoms. The molecular formula is C39H83NO4S. The van der Waals surface area contributed by atoms with Crippen LogP contribution in [0.15, 0.2) is 0 Å². The van der Waals surface area contributed by atoms with Crippen LogP contribution in [0.3, 0.4) is 0 Å². The average molecular weight is 662 g/mol. The van der Waals surface area contributed by atoms with E-state index in [1.807, 2.05) is 0 Å². The molecule has 0 N–H and O–H groups in total. The van der Waals surface area contributed by atoms with Crippen LogP contribution < -0.4 is 0 Å². The fourth-order valence-corrected chi connectivity index (χ4v) is 6.19. The summed E-state index contributed by atoms with van der Waals surface area (Å²) in [5.74, 6) is 1.78. The van der Waals surface area contributed by atoms with Crippen LogP contribution >= 0.6 is 0 Å². The van der Waals surface area contributed by atoms with E-state index in [0.29, 0.717) is 0 Å². The molecule has 5 nitrogen and oxygen atoms in total. The molecule has 0 aromatic rings. The van der Waals surface area contributed by atoms with Gasteiger partial charge in [0.25, 0.3) is 0 Å². The predicted octanol–water partition coefficient (Wildman–Crippen LogP) is 12.4. The van der Waals surface area contributed by atoms with Crippen molar-refractivity contribution >= 4 is 10.4 Å². The summed E-state index contributed by atoms with van der Waals surface area (Å²) in [4.78, 5) is 0. The molecule has 0 radical (unpaired) electrons. The number of hydrogen-bond acceptors (Lipinski definition) is 4. The van der Waals surface area contributed by atoms with Gasteiger partial charge < -0.3 is 9.04 Å². The maximum Gasteiger partial charge on any atom is 0.217 e. The zero-order valence-corrected chi connectivity index (χ0v) is 32.7. The fourth-order valence-electron chi connectivity index (χ4n) is 6.19. The van der Waals surface area contributed by atoms with Gasteiger partial charge >= 0.3 is 0 Å². The molecule has 0 saturated carbocycles. The van der Waals surface area contributed by atoms with Gasteiger partial charge in [-0.1, -0.05) is 182 Å². The second-order valence-electron chi connectivity index (χ2n) is 15.5. The van der Waals surface area contributed by atoms with Gasteiger partial charge in [0.05, 0.1) is 34.3 Å². The molecule has 0 unspecified atom stereocenters. The molecule has 6 heteroatoms. The van der Waals surface area contributed by atoms with Crippen molar-refractivity contribution in [3.8, 4) is 0 Å². The molecule has 0 rings (SSSR count). The van der Waals surface area contributed by atoms with Crippen molar-refractivity contribution in [1.82, 2.24) is 0 Å². The third kappa shape index (κ3) is 46.0. The van der Waals surface area contributed by atoms with E-state index in [1.54, 1.807) is 0 Å². The SMILES string of the molecule is CC(C)CCCCCCCCCCCCCCC[N+](C)(C)CCCCCCCCCCCCCCCC(C)C.COS(=O)(=O)[O-]. The van der Waals surface area contributed by atoms with Gasteiger partial charge in [-0.05, 0) is 37.5 Å². The first-order valence-corrected chi connectivity index (χ1v) is 21.1. The molecule has 45 heavy (non-hydrogen) atoms. The zero-order valence-electron chi connectivity index (χ0n) is 31.9.